The van der Waals surface area contributed by atoms with E-state index in [2.05, 4.69) is 4.90 Å². The molecule has 1 aromatic rings. The maximum atomic E-state index is 13.3. The number of nitrogens with zero attached hydrogens (tertiary/aromatic N) is 1. The molecular weight excluding hydrogens is 227 g/mol. The first kappa shape index (κ1) is 12.0. The van der Waals surface area contributed by atoms with Crippen molar-refractivity contribution in [3.05, 3.63) is 29.6 Å². The standard InChI is InChI=1S/C15H21FN2/c16-13-4-3-12-7-8-18(15(12)9-13)10-11-1-5-14(17)6-2-11/h3-4,9,11,14H,1-2,5-8,10,17H2. The van der Waals surface area contributed by atoms with Gasteiger partial charge in [0, 0.05) is 24.8 Å². The quantitative estimate of drug-likeness (QED) is 0.872. The molecule has 1 aromatic carbocycles. The summed E-state index contributed by atoms with van der Waals surface area (Å²) >= 11 is 0. The highest BCUT2D eigenvalue weighted by atomic mass is 19.1. The van der Waals surface area contributed by atoms with Crippen molar-refractivity contribution in [2.45, 2.75) is 38.1 Å². The smallest absolute Gasteiger partial charge is 0.125 e. The Hall–Kier alpha value is -1.09. The second-order valence-corrected chi connectivity index (χ2v) is 5.75. The van der Waals surface area contributed by atoms with Gasteiger partial charge >= 0.3 is 0 Å². The van der Waals surface area contributed by atoms with E-state index in [1.807, 2.05) is 6.07 Å². The number of nitrogens with two attached hydrogens (primary N) is 1. The molecule has 98 valence electrons. The maximum absolute atomic E-state index is 13.3. The Bertz CT molecular complexity index is 425. The van der Waals surface area contributed by atoms with E-state index in [-0.39, 0.29) is 5.82 Å². The van der Waals surface area contributed by atoms with Crippen molar-refractivity contribution in [2.75, 3.05) is 18.0 Å². The van der Waals surface area contributed by atoms with Crippen LogP contribution in [0.15, 0.2) is 18.2 Å². The predicted octanol–water partition coefficient (Wildman–Crippen LogP) is 2.71. The van der Waals surface area contributed by atoms with Gasteiger partial charge in [-0.25, -0.2) is 4.39 Å². The fourth-order valence-corrected chi connectivity index (χ4v) is 3.29. The number of hydrogen-bond donors (Lipinski definition) is 1. The molecule has 3 rings (SSSR count). The highest BCUT2D eigenvalue weighted by Gasteiger charge is 2.25. The first-order valence-electron chi connectivity index (χ1n) is 7.01. The van der Waals surface area contributed by atoms with Gasteiger partial charge in [-0.05, 0) is 55.7 Å². The average Bonchev–Trinajstić information content (AvgIpc) is 2.75. The number of halogens is 1. The Balaban J connectivity index is 1.67. The molecule has 0 bridgehead atoms. The average molecular weight is 248 g/mol. The minimum Gasteiger partial charge on any atom is -0.371 e. The molecule has 0 radical (unpaired) electrons. The van der Waals surface area contributed by atoms with Crippen LogP contribution in [0, 0.1) is 11.7 Å². The fourth-order valence-electron chi connectivity index (χ4n) is 3.29. The highest BCUT2D eigenvalue weighted by Crippen LogP contribution is 2.32. The van der Waals surface area contributed by atoms with Gasteiger partial charge < -0.3 is 10.6 Å². The van der Waals surface area contributed by atoms with Crippen molar-refractivity contribution >= 4 is 5.69 Å². The highest BCUT2D eigenvalue weighted by molar-refractivity contribution is 5.58. The second kappa shape index (κ2) is 4.88. The van der Waals surface area contributed by atoms with Gasteiger partial charge in [-0.15, -0.1) is 0 Å². The largest absolute Gasteiger partial charge is 0.371 e. The summed E-state index contributed by atoms with van der Waals surface area (Å²) < 4.78 is 13.3. The number of rotatable bonds is 2. The third-order valence-electron chi connectivity index (χ3n) is 4.41. The zero-order valence-corrected chi connectivity index (χ0v) is 10.7. The predicted molar refractivity (Wildman–Crippen MR) is 72.3 cm³/mol. The zero-order chi connectivity index (χ0) is 12.5. The van der Waals surface area contributed by atoms with E-state index >= 15 is 0 Å². The molecule has 0 atom stereocenters. The van der Waals surface area contributed by atoms with Gasteiger partial charge in [0.2, 0.25) is 0 Å². The molecule has 1 fully saturated rings. The SMILES string of the molecule is NC1CCC(CN2CCc3ccc(F)cc32)CC1. The van der Waals surface area contributed by atoms with Crippen LogP contribution in [0.3, 0.4) is 0 Å². The summed E-state index contributed by atoms with van der Waals surface area (Å²) in [7, 11) is 0. The topological polar surface area (TPSA) is 29.3 Å². The Labute approximate surface area is 108 Å². The van der Waals surface area contributed by atoms with E-state index in [4.69, 9.17) is 5.73 Å². The molecule has 2 nitrogen and oxygen atoms in total. The summed E-state index contributed by atoms with van der Waals surface area (Å²) in [5.41, 5.74) is 8.35. The van der Waals surface area contributed by atoms with E-state index in [9.17, 15) is 4.39 Å². The van der Waals surface area contributed by atoms with Crippen LogP contribution < -0.4 is 10.6 Å². The monoisotopic (exact) mass is 248 g/mol. The number of fused-ring (bicyclic) bond motifs is 1. The third-order valence-corrected chi connectivity index (χ3v) is 4.41. The molecule has 3 heteroatoms. The number of benzene rings is 1. The van der Waals surface area contributed by atoms with Gasteiger partial charge in [0.05, 0.1) is 0 Å². The van der Waals surface area contributed by atoms with Crippen LogP contribution in [0.4, 0.5) is 10.1 Å². The van der Waals surface area contributed by atoms with E-state index in [0.29, 0.717) is 6.04 Å². The normalized spacial score (nSPS) is 27.3. The molecule has 1 aliphatic heterocycles. The molecular formula is C15H21FN2. The summed E-state index contributed by atoms with van der Waals surface area (Å²) in [5.74, 6) is 0.616. The van der Waals surface area contributed by atoms with Gasteiger partial charge in [-0.3, -0.25) is 0 Å². The molecule has 1 saturated carbocycles. The van der Waals surface area contributed by atoms with Crippen LogP contribution >= 0.6 is 0 Å². The van der Waals surface area contributed by atoms with Crippen molar-refractivity contribution in [3.63, 3.8) is 0 Å². The molecule has 0 unspecified atom stereocenters. The summed E-state index contributed by atoms with van der Waals surface area (Å²) in [6.07, 6.45) is 5.80. The maximum Gasteiger partial charge on any atom is 0.125 e. The van der Waals surface area contributed by atoms with E-state index in [1.165, 1.54) is 18.4 Å². The molecule has 0 amide bonds. The van der Waals surface area contributed by atoms with Gasteiger partial charge in [0.1, 0.15) is 5.82 Å². The van der Waals surface area contributed by atoms with Crippen LogP contribution in [0.1, 0.15) is 31.2 Å². The molecule has 2 N–H and O–H groups in total. The fraction of sp³-hybridized carbons (Fsp3) is 0.600. The lowest BCUT2D eigenvalue weighted by Crippen LogP contribution is -2.33. The van der Waals surface area contributed by atoms with Gasteiger partial charge in [-0.2, -0.15) is 0 Å². The molecule has 0 spiro atoms. The first-order chi connectivity index (χ1) is 8.72. The van der Waals surface area contributed by atoms with Crippen LogP contribution in [-0.4, -0.2) is 19.1 Å². The van der Waals surface area contributed by atoms with E-state index < -0.39 is 0 Å². The lowest BCUT2D eigenvalue weighted by Gasteiger charge is -2.30. The van der Waals surface area contributed by atoms with Crippen LogP contribution in [0.25, 0.3) is 0 Å². The molecule has 2 aliphatic rings. The summed E-state index contributed by atoms with van der Waals surface area (Å²) in [6.45, 7) is 2.12. The zero-order valence-electron chi connectivity index (χ0n) is 10.7. The molecule has 0 saturated heterocycles. The summed E-state index contributed by atoms with van der Waals surface area (Å²) in [4.78, 5) is 2.36. The van der Waals surface area contributed by atoms with Crippen molar-refractivity contribution in [1.29, 1.82) is 0 Å². The van der Waals surface area contributed by atoms with Crippen molar-refractivity contribution in [2.24, 2.45) is 11.7 Å². The first-order valence-corrected chi connectivity index (χ1v) is 7.01. The van der Waals surface area contributed by atoms with E-state index in [0.717, 1.165) is 44.0 Å². The summed E-state index contributed by atoms with van der Waals surface area (Å²) in [5, 5.41) is 0. The number of hydrogen-bond acceptors (Lipinski definition) is 2. The van der Waals surface area contributed by atoms with Crippen LogP contribution in [0.2, 0.25) is 0 Å². The second-order valence-electron chi connectivity index (χ2n) is 5.75. The molecule has 1 aliphatic carbocycles. The molecule has 1 heterocycles. The Morgan fingerprint density at radius 1 is 1.22 bits per heavy atom. The minimum atomic E-state index is -0.119. The van der Waals surface area contributed by atoms with Crippen molar-refractivity contribution in [3.8, 4) is 0 Å². The van der Waals surface area contributed by atoms with Crippen LogP contribution in [0.5, 0.6) is 0 Å². The van der Waals surface area contributed by atoms with Crippen molar-refractivity contribution in [1.82, 2.24) is 0 Å². The Morgan fingerprint density at radius 2 is 2.00 bits per heavy atom. The summed E-state index contributed by atoms with van der Waals surface area (Å²) in [6, 6.07) is 5.60. The Kier molecular flexibility index (Phi) is 3.25. The van der Waals surface area contributed by atoms with Crippen LogP contribution in [-0.2, 0) is 6.42 Å². The van der Waals surface area contributed by atoms with Crippen molar-refractivity contribution < 1.29 is 4.39 Å². The minimum absolute atomic E-state index is 0.119. The Morgan fingerprint density at radius 3 is 2.78 bits per heavy atom. The van der Waals surface area contributed by atoms with Gasteiger partial charge in [-0.1, -0.05) is 6.07 Å². The molecule has 18 heavy (non-hydrogen) atoms. The number of anilines is 1. The van der Waals surface area contributed by atoms with Gasteiger partial charge in [0.25, 0.3) is 0 Å². The van der Waals surface area contributed by atoms with E-state index in [1.54, 1.807) is 12.1 Å². The lowest BCUT2D eigenvalue weighted by atomic mass is 9.86. The third kappa shape index (κ3) is 2.37. The van der Waals surface area contributed by atoms with Gasteiger partial charge in [0.15, 0.2) is 0 Å². The molecule has 0 aromatic heterocycles. The lowest BCUT2D eigenvalue weighted by molar-refractivity contribution is 0.328.